The maximum atomic E-state index is 12.1. The van der Waals surface area contributed by atoms with E-state index in [0.717, 1.165) is 21.9 Å². The highest BCUT2D eigenvalue weighted by Gasteiger charge is 2.19. The first kappa shape index (κ1) is 16.6. The summed E-state index contributed by atoms with van der Waals surface area (Å²) in [7, 11) is 0. The monoisotopic (exact) mass is 344 g/mol. The number of hydrogen-bond donors (Lipinski definition) is 2. The van der Waals surface area contributed by atoms with E-state index in [0.29, 0.717) is 5.88 Å². The molecule has 24 heavy (non-hydrogen) atoms. The molecular weight excluding hydrogens is 324 g/mol. The number of imidazole rings is 1. The summed E-state index contributed by atoms with van der Waals surface area (Å²) in [5.41, 5.74) is 3.73. The fraction of sp³-hybridized carbons (Fsp3) is 0.353. The first-order valence-corrected chi connectivity index (χ1v) is 8.66. The van der Waals surface area contributed by atoms with E-state index in [1.807, 2.05) is 45.9 Å². The highest BCUT2D eigenvalue weighted by Crippen LogP contribution is 2.24. The zero-order chi connectivity index (χ0) is 17.3. The average molecular weight is 344 g/mol. The summed E-state index contributed by atoms with van der Waals surface area (Å²) in [5.74, 6) is 0.448. The number of benzene rings is 1. The molecule has 0 spiro atoms. The Morgan fingerprint density at radius 2 is 2.12 bits per heavy atom. The molecule has 0 aliphatic carbocycles. The molecule has 0 radical (unpaired) electrons. The molecule has 126 valence electrons. The van der Waals surface area contributed by atoms with Gasteiger partial charge in [-0.15, -0.1) is 0 Å². The lowest BCUT2D eigenvalue weighted by Crippen LogP contribution is -2.14. The Hall–Kier alpha value is -2.28. The van der Waals surface area contributed by atoms with Crippen LogP contribution in [0, 0.1) is 6.92 Å². The second-order valence-corrected chi connectivity index (χ2v) is 7.69. The molecular formula is C17H20N4O2S. The van der Waals surface area contributed by atoms with E-state index in [2.05, 4.69) is 20.4 Å². The molecule has 0 saturated carbocycles. The van der Waals surface area contributed by atoms with Gasteiger partial charge in [-0.05, 0) is 24.6 Å². The van der Waals surface area contributed by atoms with Crippen molar-refractivity contribution in [1.29, 1.82) is 0 Å². The number of nitrogens with zero attached hydrogens (tertiary/aromatic N) is 2. The topological polar surface area (TPSA) is 83.8 Å². The predicted molar refractivity (Wildman–Crippen MR) is 95.4 cm³/mol. The van der Waals surface area contributed by atoms with E-state index in [1.165, 1.54) is 17.3 Å². The first-order valence-electron chi connectivity index (χ1n) is 7.67. The molecule has 0 atom stereocenters. The van der Waals surface area contributed by atoms with Crippen molar-refractivity contribution < 1.29 is 9.32 Å². The molecule has 3 aromatic rings. The number of aromatic nitrogens is 3. The summed E-state index contributed by atoms with van der Waals surface area (Å²) in [6, 6.07) is 7.77. The lowest BCUT2D eigenvalue weighted by atomic mass is 9.92. The SMILES string of the molecule is Cc1ccc2nc(SCC(=O)Nc3cc(C(C)(C)C)no3)[nH]c2c1. The van der Waals surface area contributed by atoms with Crippen LogP contribution in [0.1, 0.15) is 32.0 Å². The van der Waals surface area contributed by atoms with Crippen molar-refractivity contribution in [3.8, 4) is 0 Å². The molecule has 0 bridgehead atoms. The Balaban J connectivity index is 1.59. The number of anilines is 1. The number of amides is 1. The molecule has 3 rings (SSSR count). The van der Waals surface area contributed by atoms with Crippen LogP contribution in [0.15, 0.2) is 33.9 Å². The number of carbonyl (C=O) groups is 1. The van der Waals surface area contributed by atoms with Gasteiger partial charge < -0.3 is 9.51 Å². The molecule has 1 aromatic carbocycles. The number of rotatable bonds is 4. The highest BCUT2D eigenvalue weighted by atomic mass is 32.2. The summed E-state index contributed by atoms with van der Waals surface area (Å²) >= 11 is 1.35. The van der Waals surface area contributed by atoms with Crippen molar-refractivity contribution in [3.63, 3.8) is 0 Å². The molecule has 0 fully saturated rings. The standard InChI is InChI=1S/C17H20N4O2S/c1-10-5-6-11-12(7-10)19-16(18-11)24-9-14(22)20-15-8-13(21-23-15)17(2,3)4/h5-8H,9H2,1-4H3,(H,18,19)(H,20,22). The van der Waals surface area contributed by atoms with Gasteiger partial charge in [-0.1, -0.05) is 43.8 Å². The number of fused-ring (bicyclic) bond motifs is 1. The van der Waals surface area contributed by atoms with Crippen molar-refractivity contribution in [2.24, 2.45) is 0 Å². The minimum Gasteiger partial charge on any atom is -0.338 e. The van der Waals surface area contributed by atoms with Gasteiger partial charge in [0, 0.05) is 11.5 Å². The first-order chi connectivity index (χ1) is 11.3. The third-order valence-electron chi connectivity index (χ3n) is 3.50. The minimum atomic E-state index is -0.159. The van der Waals surface area contributed by atoms with Gasteiger partial charge in [-0.25, -0.2) is 4.98 Å². The van der Waals surface area contributed by atoms with Gasteiger partial charge in [0.05, 0.1) is 22.5 Å². The maximum absolute atomic E-state index is 12.1. The fourth-order valence-corrected chi connectivity index (χ4v) is 2.85. The molecule has 2 aromatic heterocycles. The summed E-state index contributed by atoms with van der Waals surface area (Å²) in [6.45, 7) is 8.14. The summed E-state index contributed by atoms with van der Waals surface area (Å²) in [4.78, 5) is 19.7. The van der Waals surface area contributed by atoms with Crippen LogP contribution in [-0.2, 0) is 10.2 Å². The van der Waals surface area contributed by atoms with Crippen molar-refractivity contribution in [1.82, 2.24) is 15.1 Å². The van der Waals surface area contributed by atoms with Crippen molar-refractivity contribution in [3.05, 3.63) is 35.5 Å². The predicted octanol–water partition coefficient (Wildman–Crippen LogP) is 3.89. The summed E-state index contributed by atoms with van der Waals surface area (Å²) < 4.78 is 5.16. The number of aryl methyl sites for hydroxylation is 1. The van der Waals surface area contributed by atoms with E-state index in [9.17, 15) is 4.79 Å². The van der Waals surface area contributed by atoms with Gasteiger partial charge in [0.2, 0.25) is 11.8 Å². The molecule has 7 heteroatoms. The van der Waals surface area contributed by atoms with Crippen molar-refractivity contribution >= 4 is 34.6 Å². The molecule has 0 unspecified atom stereocenters. The van der Waals surface area contributed by atoms with Gasteiger partial charge in [-0.3, -0.25) is 10.1 Å². The van der Waals surface area contributed by atoms with E-state index in [1.54, 1.807) is 6.07 Å². The Labute approximate surface area is 144 Å². The smallest absolute Gasteiger partial charge is 0.237 e. The summed E-state index contributed by atoms with van der Waals surface area (Å²) in [5, 5.41) is 7.42. The number of thioether (sulfide) groups is 1. The second kappa shape index (κ2) is 6.32. The zero-order valence-electron chi connectivity index (χ0n) is 14.1. The quantitative estimate of drug-likeness (QED) is 0.702. The van der Waals surface area contributed by atoms with Gasteiger partial charge in [0.15, 0.2) is 5.16 Å². The molecule has 6 nitrogen and oxygen atoms in total. The van der Waals surface area contributed by atoms with Crippen LogP contribution in [0.25, 0.3) is 11.0 Å². The number of hydrogen-bond acceptors (Lipinski definition) is 5. The van der Waals surface area contributed by atoms with Gasteiger partial charge in [0.1, 0.15) is 0 Å². The fourth-order valence-electron chi connectivity index (χ4n) is 2.16. The van der Waals surface area contributed by atoms with Gasteiger partial charge in [-0.2, -0.15) is 0 Å². The average Bonchev–Trinajstić information content (AvgIpc) is 3.10. The van der Waals surface area contributed by atoms with Gasteiger partial charge in [0.25, 0.3) is 0 Å². The highest BCUT2D eigenvalue weighted by molar-refractivity contribution is 7.99. The molecule has 2 heterocycles. The Morgan fingerprint density at radius 1 is 1.33 bits per heavy atom. The molecule has 0 aliphatic rings. The molecule has 0 saturated heterocycles. The Morgan fingerprint density at radius 3 is 2.83 bits per heavy atom. The van der Waals surface area contributed by atoms with Crippen LogP contribution < -0.4 is 5.32 Å². The number of nitrogens with one attached hydrogen (secondary N) is 2. The maximum Gasteiger partial charge on any atom is 0.237 e. The van der Waals surface area contributed by atoms with Crippen molar-refractivity contribution in [2.75, 3.05) is 11.1 Å². The van der Waals surface area contributed by atoms with E-state index >= 15 is 0 Å². The largest absolute Gasteiger partial charge is 0.338 e. The van der Waals surface area contributed by atoms with E-state index in [4.69, 9.17) is 4.52 Å². The number of carbonyl (C=O) groups excluding carboxylic acids is 1. The van der Waals surface area contributed by atoms with Gasteiger partial charge >= 0.3 is 0 Å². The summed E-state index contributed by atoms with van der Waals surface area (Å²) in [6.07, 6.45) is 0. The lowest BCUT2D eigenvalue weighted by molar-refractivity contribution is -0.113. The van der Waals surface area contributed by atoms with Crippen LogP contribution in [0.4, 0.5) is 5.88 Å². The van der Waals surface area contributed by atoms with Crippen LogP contribution in [-0.4, -0.2) is 26.8 Å². The Kier molecular flexibility index (Phi) is 4.36. The lowest BCUT2D eigenvalue weighted by Gasteiger charge is -2.12. The third kappa shape index (κ3) is 3.79. The minimum absolute atomic E-state index is 0.117. The molecule has 0 aliphatic heterocycles. The molecule has 2 N–H and O–H groups in total. The third-order valence-corrected chi connectivity index (χ3v) is 4.37. The van der Waals surface area contributed by atoms with Crippen LogP contribution in [0.5, 0.6) is 0 Å². The second-order valence-electron chi connectivity index (χ2n) is 6.73. The number of aromatic amines is 1. The van der Waals surface area contributed by atoms with Crippen LogP contribution >= 0.6 is 11.8 Å². The van der Waals surface area contributed by atoms with E-state index in [-0.39, 0.29) is 17.1 Å². The number of H-pyrrole nitrogens is 1. The van der Waals surface area contributed by atoms with Crippen molar-refractivity contribution in [2.45, 2.75) is 38.3 Å². The molecule has 1 amide bonds. The normalized spacial score (nSPS) is 11.8. The van der Waals surface area contributed by atoms with Crippen LogP contribution in [0.3, 0.4) is 0 Å². The van der Waals surface area contributed by atoms with E-state index < -0.39 is 0 Å². The Bertz CT molecular complexity index is 876. The van der Waals surface area contributed by atoms with Crippen LogP contribution in [0.2, 0.25) is 0 Å². The zero-order valence-corrected chi connectivity index (χ0v) is 15.0.